The molecular weight excluding hydrogens is 419 g/mol. The zero-order valence-electron chi connectivity index (χ0n) is 15.7. The van der Waals surface area contributed by atoms with Crippen LogP contribution in [0.4, 0.5) is 0 Å². The van der Waals surface area contributed by atoms with E-state index in [-0.39, 0.29) is 0 Å². The maximum atomic E-state index is 11.8. The summed E-state index contributed by atoms with van der Waals surface area (Å²) >= 11 is 0. The molecule has 30 heavy (non-hydrogen) atoms. The monoisotopic (exact) mass is 442 g/mol. The fourth-order valence-electron chi connectivity index (χ4n) is 2.89. The third-order valence-corrected chi connectivity index (χ3v) is 5.52. The summed E-state index contributed by atoms with van der Waals surface area (Å²) in [4.78, 5) is 0. The predicted octanol–water partition coefficient (Wildman–Crippen LogP) is 0.445. The lowest BCUT2D eigenvalue weighted by Gasteiger charge is -2.40. The van der Waals surface area contributed by atoms with Gasteiger partial charge in [-0.05, 0) is 23.3 Å². The molecule has 1 aliphatic heterocycles. The highest BCUT2D eigenvalue weighted by atomic mass is 31.2. The molecule has 0 aliphatic carbocycles. The molecule has 0 spiro atoms. The summed E-state index contributed by atoms with van der Waals surface area (Å²) in [6.07, 6.45) is -7.37. The zero-order chi connectivity index (χ0) is 21.7. The molecule has 5 atom stereocenters. The topological polar surface area (TPSA) is 176 Å². The predicted molar refractivity (Wildman–Crippen MR) is 103 cm³/mol. The highest BCUT2D eigenvalue weighted by Gasteiger charge is 2.46. The Morgan fingerprint density at radius 1 is 0.867 bits per heavy atom. The van der Waals surface area contributed by atoms with Gasteiger partial charge in [0.25, 0.3) is 0 Å². The van der Waals surface area contributed by atoms with Crippen LogP contribution in [0.5, 0.6) is 5.75 Å². The summed E-state index contributed by atoms with van der Waals surface area (Å²) in [6.45, 7) is -0.580. The van der Waals surface area contributed by atoms with E-state index >= 15 is 0 Å². The second-order valence-corrected chi connectivity index (χ2v) is 8.05. The average Bonchev–Trinajstić information content (AvgIpc) is 2.79. The highest BCUT2D eigenvalue weighted by molar-refractivity contribution is 7.48. The van der Waals surface area contributed by atoms with Crippen LogP contribution in [0.25, 0.3) is 11.1 Å². The van der Waals surface area contributed by atoms with E-state index in [1.165, 1.54) is 0 Å². The summed E-state index contributed by atoms with van der Waals surface area (Å²) in [6, 6.07) is 16.7. The van der Waals surface area contributed by atoms with Crippen molar-refractivity contribution in [2.24, 2.45) is 11.8 Å². The molecule has 0 unspecified atom stereocenters. The van der Waals surface area contributed by atoms with Crippen molar-refractivity contribution in [1.82, 2.24) is 0 Å². The first-order valence-corrected chi connectivity index (χ1v) is 10.4. The van der Waals surface area contributed by atoms with Crippen molar-refractivity contribution < 1.29 is 43.1 Å². The van der Waals surface area contributed by atoms with Gasteiger partial charge in [0.1, 0.15) is 30.2 Å². The summed E-state index contributed by atoms with van der Waals surface area (Å²) in [5, 5.41) is 30.4. The third-order valence-electron chi connectivity index (χ3n) is 4.54. The second-order valence-electron chi connectivity index (χ2n) is 6.48. The minimum atomic E-state index is -4.25. The lowest BCUT2D eigenvalue weighted by molar-refractivity contribution is -0.276. The Balaban J connectivity index is 1.67. The first-order valence-electron chi connectivity index (χ1n) is 8.90. The molecule has 2 aromatic carbocycles. The molecule has 1 saturated heterocycles. The van der Waals surface area contributed by atoms with Crippen molar-refractivity contribution in [3.8, 4) is 16.9 Å². The van der Waals surface area contributed by atoms with E-state index in [4.69, 9.17) is 25.8 Å². The molecule has 12 heteroatoms. The van der Waals surface area contributed by atoms with E-state index in [0.717, 1.165) is 11.1 Å². The molecule has 7 N–H and O–H groups in total. The second kappa shape index (κ2) is 9.94. The van der Waals surface area contributed by atoms with Gasteiger partial charge in [-0.25, -0.2) is 16.4 Å². The SMILES string of the molecule is NOP(=O)(ON)OC[C@H]1O[C@H](Oc2ccc(-c3ccccc3)cc2)[C@@H](O)[C@@H](O)[C@@H]1O. The molecular formula is C18H23N2O9P. The van der Waals surface area contributed by atoms with Gasteiger partial charge >= 0.3 is 7.82 Å². The number of ether oxygens (including phenoxy) is 2. The van der Waals surface area contributed by atoms with Crippen molar-refractivity contribution >= 4 is 7.82 Å². The molecule has 0 bridgehead atoms. The van der Waals surface area contributed by atoms with Gasteiger partial charge in [0.15, 0.2) is 0 Å². The number of benzene rings is 2. The molecule has 164 valence electrons. The van der Waals surface area contributed by atoms with Gasteiger partial charge in [0.2, 0.25) is 6.29 Å². The fraction of sp³-hybridized carbons (Fsp3) is 0.333. The summed E-state index contributed by atoms with van der Waals surface area (Å²) in [7, 11) is -4.25. The first kappa shape index (κ1) is 22.8. The first-order chi connectivity index (χ1) is 14.4. The van der Waals surface area contributed by atoms with E-state index in [0.29, 0.717) is 5.75 Å². The largest absolute Gasteiger partial charge is 0.507 e. The minimum Gasteiger partial charge on any atom is -0.462 e. The van der Waals surface area contributed by atoms with Gasteiger partial charge in [-0.2, -0.15) is 9.25 Å². The van der Waals surface area contributed by atoms with Crippen LogP contribution in [0.1, 0.15) is 0 Å². The molecule has 0 saturated carbocycles. The average molecular weight is 442 g/mol. The number of hydrogen-bond donors (Lipinski definition) is 5. The molecule has 3 rings (SSSR count). The van der Waals surface area contributed by atoms with Crippen molar-refractivity contribution in [3.05, 3.63) is 54.6 Å². The molecule has 1 fully saturated rings. The fourth-order valence-corrected chi connectivity index (χ4v) is 3.39. The molecule has 2 aromatic rings. The lowest BCUT2D eigenvalue weighted by atomic mass is 9.99. The number of aliphatic hydroxyl groups is 3. The molecule has 11 nitrogen and oxygen atoms in total. The Labute approximate surface area is 172 Å². The minimum absolute atomic E-state index is 0.350. The van der Waals surface area contributed by atoms with E-state index in [2.05, 4.69) is 9.25 Å². The molecule has 0 aromatic heterocycles. The van der Waals surface area contributed by atoms with Crippen LogP contribution in [0.2, 0.25) is 0 Å². The summed E-state index contributed by atoms with van der Waals surface area (Å²) in [5.41, 5.74) is 1.97. The van der Waals surface area contributed by atoms with Crippen molar-refractivity contribution in [2.45, 2.75) is 30.7 Å². The zero-order valence-corrected chi connectivity index (χ0v) is 16.6. The smallest absolute Gasteiger partial charge is 0.462 e. The Morgan fingerprint density at radius 3 is 2.07 bits per heavy atom. The normalized spacial score (nSPS) is 27.0. The quantitative estimate of drug-likeness (QED) is 0.283. The molecule has 0 radical (unpaired) electrons. The number of hydrogen-bond acceptors (Lipinski definition) is 11. The number of nitrogens with two attached hydrogens (primary N) is 2. The molecule has 1 heterocycles. The maximum Gasteiger partial charge on any atom is 0.507 e. The van der Waals surface area contributed by atoms with Crippen molar-refractivity contribution in [3.63, 3.8) is 0 Å². The van der Waals surface area contributed by atoms with Crippen LogP contribution >= 0.6 is 7.82 Å². The van der Waals surface area contributed by atoms with Gasteiger partial charge in [-0.1, -0.05) is 42.5 Å². The Morgan fingerprint density at radius 2 is 1.47 bits per heavy atom. The van der Waals surface area contributed by atoms with Crippen LogP contribution in [0.3, 0.4) is 0 Å². The van der Waals surface area contributed by atoms with Crippen LogP contribution in [-0.2, 0) is 23.1 Å². The maximum absolute atomic E-state index is 11.8. The van der Waals surface area contributed by atoms with Gasteiger partial charge < -0.3 is 24.8 Å². The third kappa shape index (κ3) is 5.23. The van der Waals surface area contributed by atoms with Crippen molar-refractivity contribution in [2.75, 3.05) is 6.61 Å². The Kier molecular flexibility index (Phi) is 7.55. The standard InChI is InChI=1S/C18H23N2O9P/c19-28-30(24,29-20)25-10-14-15(21)16(22)17(23)18(27-14)26-13-8-6-12(7-9-13)11-4-2-1-3-5-11/h1-9,14-18,21-23H,10,19-20H2/t14-,15-,16+,17+,18+/m1/s1. The summed E-state index contributed by atoms with van der Waals surface area (Å²) < 4.78 is 35.7. The Bertz CT molecular complexity index is 846. The number of phosphoric acid groups is 1. The molecule has 0 amide bonds. The Hall–Kier alpha value is -1.89. The van der Waals surface area contributed by atoms with Crippen LogP contribution in [-0.4, -0.2) is 52.6 Å². The van der Waals surface area contributed by atoms with E-state index in [1.54, 1.807) is 12.1 Å². The van der Waals surface area contributed by atoms with Gasteiger partial charge in [-0.15, -0.1) is 0 Å². The van der Waals surface area contributed by atoms with Crippen LogP contribution in [0.15, 0.2) is 54.6 Å². The van der Waals surface area contributed by atoms with Gasteiger partial charge in [-0.3, -0.25) is 4.52 Å². The number of rotatable bonds is 8. The molecule has 1 aliphatic rings. The number of aliphatic hydroxyl groups excluding tert-OH is 3. The van der Waals surface area contributed by atoms with Crippen LogP contribution in [0, 0.1) is 0 Å². The highest BCUT2D eigenvalue weighted by Crippen LogP contribution is 2.46. The van der Waals surface area contributed by atoms with E-state index < -0.39 is 45.1 Å². The lowest BCUT2D eigenvalue weighted by Crippen LogP contribution is -2.60. The van der Waals surface area contributed by atoms with Crippen molar-refractivity contribution in [1.29, 1.82) is 0 Å². The van der Waals surface area contributed by atoms with Gasteiger partial charge in [0.05, 0.1) is 6.61 Å². The summed E-state index contributed by atoms with van der Waals surface area (Å²) in [5.74, 6) is 9.93. The van der Waals surface area contributed by atoms with Crippen LogP contribution < -0.4 is 16.5 Å². The van der Waals surface area contributed by atoms with E-state index in [9.17, 15) is 19.9 Å². The van der Waals surface area contributed by atoms with Gasteiger partial charge in [0, 0.05) is 0 Å². The van der Waals surface area contributed by atoms with E-state index in [1.807, 2.05) is 42.5 Å².